The van der Waals surface area contributed by atoms with E-state index in [9.17, 15) is 9.59 Å². The van der Waals surface area contributed by atoms with Gasteiger partial charge in [-0.15, -0.1) is 0 Å². The lowest BCUT2D eigenvalue weighted by atomic mass is 10.4. The third-order valence-corrected chi connectivity index (χ3v) is 8.79. The summed E-state index contributed by atoms with van der Waals surface area (Å²) in [5, 5.41) is 1.98. The standard InChI is InChI=1S/C16H18O5Si2/c1-19-15(17)23(16(18)20-2)21-22(13-9-5-3-6-10-13)14-11-7-4-8-12-14/h3-12,22-23H,1-2H3. The van der Waals surface area contributed by atoms with Crippen LogP contribution in [0.2, 0.25) is 0 Å². The van der Waals surface area contributed by atoms with Crippen LogP contribution >= 0.6 is 0 Å². The molecule has 2 aromatic rings. The molecule has 0 spiro atoms. The Morgan fingerprint density at radius 3 is 1.48 bits per heavy atom. The van der Waals surface area contributed by atoms with Gasteiger partial charge in [-0.2, -0.15) is 0 Å². The van der Waals surface area contributed by atoms with Crippen molar-refractivity contribution in [1.82, 2.24) is 0 Å². The lowest BCUT2D eigenvalue weighted by Gasteiger charge is -2.21. The minimum atomic E-state index is -2.98. The van der Waals surface area contributed by atoms with Gasteiger partial charge in [-0.1, -0.05) is 60.7 Å². The topological polar surface area (TPSA) is 61.8 Å². The predicted octanol–water partition coefficient (Wildman–Crippen LogP) is 0.961. The summed E-state index contributed by atoms with van der Waals surface area (Å²) in [4.78, 5) is 23.9. The van der Waals surface area contributed by atoms with Crippen LogP contribution in [0.4, 0.5) is 9.59 Å². The van der Waals surface area contributed by atoms with Gasteiger partial charge in [0.25, 0.3) is 0 Å². The van der Waals surface area contributed by atoms with Gasteiger partial charge in [-0.25, -0.2) is 0 Å². The lowest BCUT2D eigenvalue weighted by Crippen LogP contribution is -2.53. The molecule has 0 heterocycles. The minimum Gasteiger partial charge on any atom is -0.471 e. The number of carbonyl (C=O) groups is 2. The van der Waals surface area contributed by atoms with Gasteiger partial charge >= 0.3 is 20.2 Å². The van der Waals surface area contributed by atoms with E-state index in [4.69, 9.17) is 13.6 Å². The minimum absolute atomic E-state index is 0.624. The first-order chi connectivity index (χ1) is 11.2. The molecule has 0 aromatic heterocycles. The Morgan fingerprint density at radius 1 is 0.739 bits per heavy atom. The molecule has 2 aromatic carbocycles. The maximum absolute atomic E-state index is 11.9. The number of hydrogen-bond donors (Lipinski definition) is 0. The van der Waals surface area contributed by atoms with Crippen LogP contribution in [0, 0.1) is 0 Å². The second-order valence-electron chi connectivity index (χ2n) is 4.76. The van der Waals surface area contributed by atoms with E-state index in [0.29, 0.717) is 0 Å². The van der Waals surface area contributed by atoms with Gasteiger partial charge in [0.15, 0.2) is 0 Å². The number of rotatable bonds is 6. The summed E-state index contributed by atoms with van der Waals surface area (Å²) in [5.74, 6) is 0. The van der Waals surface area contributed by atoms with Crippen LogP contribution in [-0.4, -0.2) is 43.5 Å². The molecular weight excluding hydrogens is 328 g/mol. The molecule has 0 bridgehead atoms. The second-order valence-corrected chi connectivity index (χ2v) is 9.65. The Balaban J connectivity index is 2.37. The Kier molecular flexibility index (Phi) is 6.27. The molecule has 0 saturated heterocycles. The number of hydrogen-bond acceptors (Lipinski definition) is 5. The van der Waals surface area contributed by atoms with E-state index in [1.807, 2.05) is 60.7 Å². The molecule has 0 atom stereocenters. The Bertz CT molecular complexity index is 593. The Morgan fingerprint density at radius 2 is 1.13 bits per heavy atom. The molecule has 0 N–H and O–H groups in total. The van der Waals surface area contributed by atoms with Crippen molar-refractivity contribution >= 4 is 39.6 Å². The van der Waals surface area contributed by atoms with Crippen LogP contribution in [0.1, 0.15) is 0 Å². The highest BCUT2D eigenvalue weighted by Gasteiger charge is 2.37. The van der Waals surface area contributed by atoms with Gasteiger partial charge in [0.05, 0.1) is 14.2 Å². The van der Waals surface area contributed by atoms with Crippen molar-refractivity contribution in [2.45, 2.75) is 0 Å². The first kappa shape index (κ1) is 17.1. The highest BCUT2D eigenvalue weighted by atomic mass is 28.4. The van der Waals surface area contributed by atoms with E-state index in [1.165, 1.54) is 14.2 Å². The molecular formula is C16H18O5Si2. The zero-order valence-electron chi connectivity index (χ0n) is 13.0. The van der Waals surface area contributed by atoms with E-state index >= 15 is 0 Å². The third kappa shape index (κ3) is 4.38. The zero-order chi connectivity index (χ0) is 16.7. The molecule has 0 saturated carbocycles. The maximum atomic E-state index is 11.9. The molecule has 0 aliphatic carbocycles. The van der Waals surface area contributed by atoms with Crippen LogP contribution in [0.5, 0.6) is 0 Å². The van der Waals surface area contributed by atoms with Crippen LogP contribution in [-0.2, 0) is 13.6 Å². The quantitative estimate of drug-likeness (QED) is 0.729. The molecule has 0 aliphatic rings. The van der Waals surface area contributed by atoms with Crippen molar-refractivity contribution in [2.75, 3.05) is 14.2 Å². The fraction of sp³-hybridized carbons (Fsp3) is 0.125. The first-order valence-electron chi connectivity index (χ1n) is 7.08. The molecule has 0 fully saturated rings. The summed E-state index contributed by atoms with van der Waals surface area (Å²) < 4.78 is 15.5. The van der Waals surface area contributed by atoms with Gasteiger partial charge in [0, 0.05) is 0 Å². The predicted molar refractivity (Wildman–Crippen MR) is 92.3 cm³/mol. The molecule has 7 heteroatoms. The molecule has 0 amide bonds. The average Bonchev–Trinajstić information content (AvgIpc) is 2.63. The first-order valence-corrected chi connectivity index (χ1v) is 10.3. The van der Waals surface area contributed by atoms with E-state index in [1.54, 1.807) is 0 Å². The van der Waals surface area contributed by atoms with Crippen LogP contribution in [0.25, 0.3) is 0 Å². The maximum Gasteiger partial charge on any atom is 0.416 e. The largest absolute Gasteiger partial charge is 0.471 e. The van der Waals surface area contributed by atoms with Gasteiger partial charge < -0.3 is 13.6 Å². The molecule has 5 nitrogen and oxygen atoms in total. The summed E-state index contributed by atoms with van der Waals surface area (Å²) in [6, 6.07) is 19.3. The summed E-state index contributed by atoms with van der Waals surface area (Å²) in [7, 11) is -2.68. The SMILES string of the molecule is COC(=O)[SiH](O[SiH](c1ccccc1)c1ccccc1)C(=O)OC. The third-order valence-electron chi connectivity index (χ3n) is 3.31. The van der Waals surface area contributed by atoms with Crippen molar-refractivity contribution < 1.29 is 23.2 Å². The van der Waals surface area contributed by atoms with Gasteiger partial charge in [-0.3, -0.25) is 9.59 Å². The highest BCUT2D eigenvalue weighted by molar-refractivity contribution is 7.09. The highest BCUT2D eigenvalue weighted by Crippen LogP contribution is 2.02. The van der Waals surface area contributed by atoms with E-state index in [2.05, 4.69) is 0 Å². The van der Waals surface area contributed by atoms with Gasteiger partial charge in [0.1, 0.15) is 0 Å². The number of methoxy groups -OCH3 is 2. The van der Waals surface area contributed by atoms with Crippen LogP contribution in [0.15, 0.2) is 60.7 Å². The monoisotopic (exact) mass is 346 g/mol. The smallest absolute Gasteiger partial charge is 0.416 e. The average molecular weight is 346 g/mol. The summed E-state index contributed by atoms with van der Waals surface area (Å²) in [6.07, 6.45) is 0. The summed E-state index contributed by atoms with van der Waals surface area (Å²) in [5.41, 5.74) is -1.25. The zero-order valence-corrected chi connectivity index (χ0v) is 15.3. The van der Waals surface area contributed by atoms with E-state index in [-0.39, 0.29) is 0 Å². The van der Waals surface area contributed by atoms with E-state index < -0.39 is 29.3 Å². The number of carbonyl (C=O) groups excluding carboxylic acids is 2. The van der Waals surface area contributed by atoms with Crippen molar-refractivity contribution in [3.8, 4) is 0 Å². The molecule has 0 radical (unpaired) electrons. The lowest BCUT2D eigenvalue weighted by molar-refractivity contribution is 0.182. The summed E-state index contributed by atoms with van der Waals surface area (Å²) >= 11 is 0. The van der Waals surface area contributed by atoms with Gasteiger partial charge in [-0.05, 0) is 10.4 Å². The second kappa shape index (κ2) is 8.42. The fourth-order valence-electron chi connectivity index (χ4n) is 2.16. The van der Waals surface area contributed by atoms with Crippen molar-refractivity contribution in [1.29, 1.82) is 0 Å². The van der Waals surface area contributed by atoms with E-state index in [0.717, 1.165) is 10.4 Å². The van der Waals surface area contributed by atoms with Crippen molar-refractivity contribution in [3.63, 3.8) is 0 Å². The fourth-order valence-corrected chi connectivity index (χ4v) is 7.55. The Hall–Kier alpha value is -2.23. The summed E-state index contributed by atoms with van der Waals surface area (Å²) in [6.45, 7) is 0. The molecule has 120 valence electrons. The van der Waals surface area contributed by atoms with Gasteiger partial charge in [0.2, 0.25) is 9.04 Å². The number of benzene rings is 2. The van der Waals surface area contributed by atoms with Crippen LogP contribution < -0.4 is 10.4 Å². The number of ether oxygens (including phenoxy) is 2. The molecule has 0 aliphatic heterocycles. The molecule has 23 heavy (non-hydrogen) atoms. The van der Waals surface area contributed by atoms with Crippen LogP contribution in [0.3, 0.4) is 0 Å². The molecule has 0 unspecified atom stereocenters. The molecule has 2 rings (SSSR count). The normalized spacial score (nSPS) is 10.6. The Labute approximate surface area is 138 Å². The van der Waals surface area contributed by atoms with Crippen molar-refractivity contribution in [3.05, 3.63) is 60.7 Å². The van der Waals surface area contributed by atoms with Crippen molar-refractivity contribution in [2.24, 2.45) is 0 Å².